The van der Waals surface area contributed by atoms with Crippen LogP contribution in [0.25, 0.3) is 0 Å². The second-order valence-corrected chi connectivity index (χ2v) is 11.0. The standard InChI is InChI=1S/C22H33NO4S/c1-7-12-26-22(6)16(2)23(14-17-8-9-17)20-11-10-18(13-19(20)22)28(24,25)27-15-21(3,4)5/h10-11,13,17H,2,7-9,12,14-15H2,1,3-6H3. The molecule has 3 rings (SSSR count). The van der Waals surface area contributed by atoms with E-state index in [1.165, 1.54) is 12.8 Å². The molecule has 0 bridgehead atoms. The molecule has 1 atom stereocenters. The van der Waals surface area contributed by atoms with Crippen LogP contribution in [0.3, 0.4) is 0 Å². The fraction of sp³-hybridized carbons (Fsp3) is 0.636. The van der Waals surface area contributed by atoms with Crippen molar-refractivity contribution in [3.05, 3.63) is 36.0 Å². The molecular weight excluding hydrogens is 374 g/mol. The van der Waals surface area contributed by atoms with Crippen LogP contribution < -0.4 is 4.90 Å². The van der Waals surface area contributed by atoms with Gasteiger partial charge in [0.05, 0.1) is 11.5 Å². The van der Waals surface area contributed by atoms with Crippen LogP contribution in [-0.4, -0.2) is 28.2 Å². The SMILES string of the molecule is C=C1N(CC2CC2)c2ccc(S(=O)(=O)OCC(C)(C)C)cc2C1(C)OCCC. The van der Waals surface area contributed by atoms with Crippen LogP contribution in [0.4, 0.5) is 5.69 Å². The minimum atomic E-state index is -3.84. The maximum atomic E-state index is 12.8. The van der Waals surface area contributed by atoms with Crippen molar-refractivity contribution in [2.24, 2.45) is 11.3 Å². The Morgan fingerprint density at radius 1 is 1.29 bits per heavy atom. The van der Waals surface area contributed by atoms with Crippen molar-refractivity contribution in [2.45, 2.75) is 64.4 Å². The van der Waals surface area contributed by atoms with Gasteiger partial charge in [0.1, 0.15) is 5.60 Å². The quantitative estimate of drug-likeness (QED) is 0.578. The molecule has 1 heterocycles. The summed E-state index contributed by atoms with van der Waals surface area (Å²) in [5, 5.41) is 0. The zero-order chi connectivity index (χ0) is 20.7. The highest BCUT2D eigenvalue weighted by Crippen LogP contribution is 2.50. The molecule has 2 aliphatic rings. The van der Waals surface area contributed by atoms with Crippen molar-refractivity contribution in [3.8, 4) is 0 Å². The van der Waals surface area contributed by atoms with Crippen molar-refractivity contribution in [1.82, 2.24) is 0 Å². The fourth-order valence-corrected chi connectivity index (χ4v) is 4.55. The summed E-state index contributed by atoms with van der Waals surface area (Å²) in [5.74, 6) is 0.677. The molecule has 0 spiro atoms. The van der Waals surface area contributed by atoms with Crippen molar-refractivity contribution < 1.29 is 17.3 Å². The lowest BCUT2D eigenvalue weighted by atomic mass is 9.95. The second kappa shape index (κ2) is 7.47. The van der Waals surface area contributed by atoms with E-state index in [2.05, 4.69) is 18.4 Å². The number of rotatable bonds is 8. The number of nitrogens with zero attached hydrogens (tertiary/aromatic N) is 1. The first-order valence-corrected chi connectivity index (χ1v) is 11.5. The van der Waals surface area contributed by atoms with E-state index in [1.807, 2.05) is 33.8 Å². The molecule has 0 radical (unpaired) electrons. The zero-order valence-corrected chi connectivity index (χ0v) is 18.6. The molecule has 1 aliphatic carbocycles. The van der Waals surface area contributed by atoms with Gasteiger partial charge in [-0.2, -0.15) is 8.42 Å². The van der Waals surface area contributed by atoms with Crippen molar-refractivity contribution in [3.63, 3.8) is 0 Å². The first kappa shape index (κ1) is 21.3. The van der Waals surface area contributed by atoms with E-state index >= 15 is 0 Å². The number of benzene rings is 1. The molecule has 156 valence electrons. The average Bonchev–Trinajstić information content (AvgIpc) is 3.42. The Morgan fingerprint density at radius 2 is 1.96 bits per heavy atom. The van der Waals surface area contributed by atoms with Gasteiger partial charge in [0, 0.05) is 30.1 Å². The second-order valence-electron chi connectivity index (χ2n) is 9.34. The summed E-state index contributed by atoms with van der Waals surface area (Å²) in [6, 6.07) is 5.22. The van der Waals surface area contributed by atoms with Crippen LogP contribution in [-0.2, 0) is 24.6 Å². The molecule has 1 unspecified atom stereocenters. The van der Waals surface area contributed by atoms with Crippen LogP contribution in [0, 0.1) is 11.3 Å². The first-order valence-electron chi connectivity index (χ1n) is 10.1. The molecule has 1 aromatic carbocycles. The van der Waals surface area contributed by atoms with Gasteiger partial charge >= 0.3 is 0 Å². The van der Waals surface area contributed by atoms with Gasteiger partial charge in [-0.25, -0.2) is 0 Å². The Balaban J connectivity index is 1.97. The lowest BCUT2D eigenvalue weighted by Gasteiger charge is -2.29. The van der Waals surface area contributed by atoms with Crippen LogP contribution in [0.5, 0.6) is 0 Å². The molecule has 1 aromatic rings. The highest BCUT2D eigenvalue weighted by atomic mass is 32.2. The molecule has 5 nitrogen and oxygen atoms in total. The monoisotopic (exact) mass is 407 g/mol. The van der Waals surface area contributed by atoms with Crippen LogP contribution in [0.15, 0.2) is 35.4 Å². The van der Waals surface area contributed by atoms with E-state index in [-0.39, 0.29) is 16.9 Å². The average molecular weight is 408 g/mol. The summed E-state index contributed by atoms with van der Waals surface area (Å²) >= 11 is 0. The molecule has 1 aliphatic heterocycles. The molecular formula is C22H33NO4S. The largest absolute Gasteiger partial charge is 0.364 e. The Kier molecular flexibility index (Phi) is 5.69. The summed E-state index contributed by atoms with van der Waals surface area (Å²) in [5.41, 5.74) is 1.76. The van der Waals surface area contributed by atoms with Gasteiger partial charge in [-0.15, -0.1) is 0 Å². The minimum absolute atomic E-state index is 0.135. The van der Waals surface area contributed by atoms with E-state index in [4.69, 9.17) is 8.92 Å². The van der Waals surface area contributed by atoms with Gasteiger partial charge in [-0.3, -0.25) is 4.18 Å². The third-order valence-electron chi connectivity index (χ3n) is 5.32. The van der Waals surface area contributed by atoms with Crippen LogP contribution in [0.2, 0.25) is 0 Å². The Morgan fingerprint density at radius 3 is 2.54 bits per heavy atom. The van der Waals surface area contributed by atoms with Crippen LogP contribution >= 0.6 is 0 Å². The van der Waals surface area contributed by atoms with E-state index in [1.54, 1.807) is 12.1 Å². The third kappa shape index (κ3) is 4.29. The molecule has 1 saturated carbocycles. The van der Waals surface area contributed by atoms with Crippen molar-refractivity contribution >= 4 is 15.8 Å². The van der Waals surface area contributed by atoms with Gasteiger partial charge in [0.15, 0.2) is 0 Å². The number of fused-ring (bicyclic) bond motifs is 1. The van der Waals surface area contributed by atoms with Gasteiger partial charge in [0.25, 0.3) is 10.1 Å². The summed E-state index contributed by atoms with van der Waals surface area (Å²) < 4.78 is 37.0. The van der Waals surface area contributed by atoms with Gasteiger partial charge in [-0.05, 0) is 55.7 Å². The van der Waals surface area contributed by atoms with Gasteiger partial charge < -0.3 is 9.64 Å². The minimum Gasteiger partial charge on any atom is -0.364 e. The lowest BCUT2D eigenvalue weighted by Crippen LogP contribution is -2.31. The van der Waals surface area contributed by atoms with E-state index in [9.17, 15) is 8.42 Å². The summed E-state index contributed by atoms with van der Waals surface area (Å²) in [6.07, 6.45) is 3.35. The number of ether oxygens (including phenoxy) is 1. The topological polar surface area (TPSA) is 55.8 Å². The molecule has 1 fully saturated rings. The maximum Gasteiger partial charge on any atom is 0.297 e. The molecule has 28 heavy (non-hydrogen) atoms. The Hall–Kier alpha value is -1.37. The summed E-state index contributed by atoms with van der Waals surface area (Å²) in [6.45, 7) is 15.8. The van der Waals surface area contributed by atoms with Crippen LogP contribution in [0.1, 0.15) is 59.4 Å². The molecule has 6 heteroatoms. The predicted octanol–water partition coefficient (Wildman–Crippen LogP) is 4.82. The molecule has 0 aromatic heterocycles. The summed E-state index contributed by atoms with van der Waals surface area (Å²) in [7, 11) is -3.84. The molecule has 0 N–H and O–H groups in total. The van der Waals surface area contributed by atoms with E-state index < -0.39 is 15.7 Å². The maximum absolute atomic E-state index is 12.8. The number of hydrogen-bond donors (Lipinski definition) is 0. The Labute approximate surface area is 169 Å². The van der Waals surface area contributed by atoms with Gasteiger partial charge in [-0.1, -0.05) is 34.3 Å². The van der Waals surface area contributed by atoms with Gasteiger partial charge in [0.2, 0.25) is 0 Å². The Bertz CT molecular complexity index is 852. The number of anilines is 1. The highest BCUT2D eigenvalue weighted by Gasteiger charge is 2.45. The fourth-order valence-electron chi connectivity index (χ4n) is 3.40. The molecule has 0 saturated heterocycles. The smallest absolute Gasteiger partial charge is 0.297 e. The normalized spacial score (nSPS) is 22.6. The zero-order valence-electron chi connectivity index (χ0n) is 17.7. The van der Waals surface area contributed by atoms with E-state index in [0.717, 1.165) is 29.9 Å². The van der Waals surface area contributed by atoms with E-state index in [0.29, 0.717) is 12.5 Å². The predicted molar refractivity (Wildman–Crippen MR) is 112 cm³/mol. The summed E-state index contributed by atoms with van der Waals surface area (Å²) in [4.78, 5) is 2.37. The van der Waals surface area contributed by atoms with Crippen molar-refractivity contribution in [2.75, 3.05) is 24.7 Å². The third-order valence-corrected chi connectivity index (χ3v) is 6.58. The lowest BCUT2D eigenvalue weighted by molar-refractivity contribution is -0.00319. The molecule has 0 amide bonds. The highest BCUT2D eigenvalue weighted by molar-refractivity contribution is 7.86. The number of hydrogen-bond acceptors (Lipinski definition) is 5. The van der Waals surface area contributed by atoms with Crippen molar-refractivity contribution in [1.29, 1.82) is 0 Å². The first-order chi connectivity index (χ1) is 13.0.